The van der Waals surface area contributed by atoms with E-state index in [0.29, 0.717) is 0 Å². The van der Waals surface area contributed by atoms with Crippen LogP contribution in [-0.2, 0) is 10.4 Å². The van der Waals surface area contributed by atoms with Crippen LogP contribution in [0, 0.1) is 6.92 Å². The zero-order chi connectivity index (χ0) is 12.9. The lowest BCUT2D eigenvalue weighted by molar-refractivity contribution is 0.381. The highest BCUT2D eigenvalue weighted by Crippen LogP contribution is 2.14. The molecule has 2 aromatic rings. The highest BCUT2D eigenvalue weighted by atomic mass is 32.3. The molecule has 7 nitrogen and oxygen atoms in total. The SMILES string of the molecule is Cc1ccc(-c2c[nH]nn2)cc1.O=S(=O)(O)O. The molecule has 0 aliphatic carbocycles. The number of benzene rings is 1. The number of rotatable bonds is 1. The fourth-order valence-corrected chi connectivity index (χ4v) is 1.07. The zero-order valence-electron chi connectivity index (χ0n) is 8.90. The Morgan fingerprint density at radius 1 is 1.18 bits per heavy atom. The topological polar surface area (TPSA) is 116 Å². The Morgan fingerprint density at radius 3 is 2.12 bits per heavy atom. The van der Waals surface area contributed by atoms with Gasteiger partial charge in [-0.15, -0.1) is 5.10 Å². The molecule has 2 rings (SSSR count). The number of H-pyrrole nitrogens is 1. The predicted octanol–water partition coefficient (Wildman–Crippen LogP) is 1.13. The van der Waals surface area contributed by atoms with Gasteiger partial charge in [-0.25, -0.2) is 0 Å². The van der Waals surface area contributed by atoms with E-state index in [1.807, 2.05) is 12.1 Å². The Labute approximate surface area is 98.1 Å². The maximum Gasteiger partial charge on any atom is 0.394 e. The third kappa shape index (κ3) is 5.76. The van der Waals surface area contributed by atoms with Gasteiger partial charge in [-0.3, -0.25) is 14.2 Å². The van der Waals surface area contributed by atoms with Crippen molar-refractivity contribution in [3.63, 3.8) is 0 Å². The van der Waals surface area contributed by atoms with Gasteiger partial charge in [0.2, 0.25) is 0 Å². The van der Waals surface area contributed by atoms with Crippen molar-refractivity contribution in [1.29, 1.82) is 0 Å². The second kappa shape index (κ2) is 5.53. The van der Waals surface area contributed by atoms with Gasteiger partial charge >= 0.3 is 10.4 Å². The second-order valence-corrected chi connectivity index (χ2v) is 4.07. The van der Waals surface area contributed by atoms with Crippen LogP contribution in [0.2, 0.25) is 0 Å². The largest absolute Gasteiger partial charge is 0.394 e. The first-order valence-electron chi connectivity index (χ1n) is 4.49. The molecule has 0 amide bonds. The molecule has 17 heavy (non-hydrogen) atoms. The van der Waals surface area contributed by atoms with Crippen molar-refractivity contribution in [2.45, 2.75) is 6.92 Å². The van der Waals surface area contributed by atoms with Crippen molar-refractivity contribution in [2.75, 3.05) is 0 Å². The van der Waals surface area contributed by atoms with Crippen molar-refractivity contribution < 1.29 is 17.5 Å². The van der Waals surface area contributed by atoms with Crippen molar-refractivity contribution in [3.05, 3.63) is 36.0 Å². The summed E-state index contributed by atoms with van der Waals surface area (Å²) in [5.41, 5.74) is 3.23. The van der Waals surface area contributed by atoms with Gasteiger partial charge in [0.15, 0.2) is 0 Å². The van der Waals surface area contributed by atoms with E-state index >= 15 is 0 Å². The molecular weight excluding hydrogens is 246 g/mol. The number of aromatic amines is 1. The highest BCUT2D eigenvalue weighted by molar-refractivity contribution is 7.79. The Kier molecular flexibility index (Phi) is 4.32. The monoisotopic (exact) mass is 257 g/mol. The van der Waals surface area contributed by atoms with Crippen molar-refractivity contribution in [1.82, 2.24) is 15.4 Å². The zero-order valence-corrected chi connectivity index (χ0v) is 9.72. The average molecular weight is 257 g/mol. The minimum Gasteiger partial charge on any atom is -0.265 e. The second-order valence-electron chi connectivity index (χ2n) is 3.17. The maximum absolute atomic E-state index is 8.74. The molecule has 0 saturated carbocycles. The van der Waals surface area contributed by atoms with Gasteiger partial charge in [0.05, 0.1) is 0 Å². The smallest absolute Gasteiger partial charge is 0.265 e. The van der Waals surface area contributed by atoms with Crippen molar-refractivity contribution in [3.8, 4) is 11.3 Å². The van der Waals surface area contributed by atoms with Crippen LogP contribution in [0.4, 0.5) is 0 Å². The van der Waals surface area contributed by atoms with Crippen molar-refractivity contribution in [2.24, 2.45) is 0 Å². The van der Waals surface area contributed by atoms with E-state index in [9.17, 15) is 0 Å². The van der Waals surface area contributed by atoms with Gasteiger partial charge in [-0.1, -0.05) is 35.0 Å². The molecule has 0 aliphatic rings. The van der Waals surface area contributed by atoms with Gasteiger partial charge in [0.25, 0.3) is 0 Å². The van der Waals surface area contributed by atoms with Crippen LogP contribution in [-0.4, -0.2) is 32.9 Å². The molecule has 0 unspecified atom stereocenters. The molecule has 1 aromatic carbocycles. The van der Waals surface area contributed by atoms with Crippen LogP contribution in [0.3, 0.4) is 0 Å². The summed E-state index contributed by atoms with van der Waals surface area (Å²) in [5, 5.41) is 10.2. The van der Waals surface area contributed by atoms with Gasteiger partial charge in [-0.05, 0) is 6.92 Å². The molecule has 8 heteroatoms. The van der Waals surface area contributed by atoms with Crippen LogP contribution in [0.15, 0.2) is 30.5 Å². The van der Waals surface area contributed by atoms with Crippen LogP contribution < -0.4 is 0 Å². The summed E-state index contributed by atoms with van der Waals surface area (Å²) in [6.07, 6.45) is 1.78. The summed E-state index contributed by atoms with van der Waals surface area (Å²) in [7, 11) is -4.67. The first-order chi connectivity index (χ1) is 7.86. The standard InChI is InChI=1S/C9H9N3.H2O4S/c1-7-2-4-8(5-3-7)9-6-10-12-11-9;1-5(2,3)4/h2-6H,1H3,(H,10,11,12);(H2,1,2,3,4). The van der Waals surface area contributed by atoms with Gasteiger partial charge in [-0.2, -0.15) is 8.42 Å². The first-order valence-corrected chi connectivity index (χ1v) is 5.89. The lowest BCUT2D eigenvalue weighted by Crippen LogP contribution is -1.89. The summed E-state index contributed by atoms with van der Waals surface area (Å²) in [4.78, 5) is 0. The van der Waals surface area contributed by atoms with E-state index in [4.69, 9.17) is 17.5 Å². The Bertz CT molecular complexity index is 540. The summed E-state index contributed by atoms with van der Waals surface area (Å²) < 4.78 is 31.6. The summed E-state index contributed by atoms with van der Waals surface area (Å²) in [6, 6.07) is 8.19. The minimum atomic E-state index is -4.67. The number of nitrogens with zero attached hydrogens (tertiary/aromatic N) is 2. The Hall–Kier alpha value is -1.77. The molecule has 0 fully saturated rings. The van der Waals surface area contributed by atoms with E-state index in [0.717, 1.165) is 11.3 Å². The summed E-state index contributed by atoms with van der Waals surface area (Å²) in [5.74, 6) is 0. The van der Waals surface area contributed by atoms with Crippen LogP contribution in [0.5, 0.6) is 0 Å². The fourth-order valence-electron chi connectivity index (χ4n) is 1.07. The van der Waals surface area contributed by atoms with E-state index in [1.54, 1.807) is 6.20 Å². The highest BCUT2D eigenvalue weighted by Gasteiger charge is 1.97. The molecule has 0 spiro atoms. The van der Waals surface area contributed by atoms with Gasteiger partial charge < -0.3 is 0 Å². The van der Waals surface area contributed by atoms with E-state index < -0.39 is 10.4 Å². The molecule has 0 atom stereocenters. The number of hydrogen-bond donors (Lipinski definition) is 3. The third-order valence-corrected chi connectivity index (χ3v) is 1.76. The number of nitrogens with one attached hydrogen (secondary N) is 1. The van der Waals surface area contributed by atoms with E-state index in [2.05, 4.69) is 34.5 Å². The molecule has 1 heterocycles. The normalized spacial score (nSPS) is 10.5. The molecule has 0 radical (unpaired) electrons. The molecule has 0 saturated heterocycles. The van der Waals surface area contributed by atoms with Crippen LogP contribution in [0.25, 0.3) is 11.3 Å². The molecule has 3 N–H and O–H groups in total. The Balaban J connectivity index is 0.000000249. The van der Waals surface area contributed by atoms with Crippen molar-refractivity contribution >= 4 is 10.4 Å². The maximum atomic E-state index is 8.74. The average Bonchev–Trinajstić information content (AvgIpc) is 2.69. The fraction of sp³-hybridized carbons (Fsp3) is 0.111. The first kappa shape index (κ1) is 13.3. The van der Waals surface area contributed by atoms with E-state index in [1.165, 1.54) is 5.56 Å². The summed E-state index contributed by atoms with van der Waals surface area (Å²) in [6.45, 7) is 2.06. The quantitative estimate of drug-likeness (QED) is 0.659. The van der Waals surface area contributed by atoms with Gasteiger partial charge in [0.1, 0.15) is 5.69 Å². The molecule has 0 aliphatic heterocycles. The minimum absolute atomic E-state index is 0.884. The predicted molar refractivity (Wildman–Crippen MR) is 60.7 cm³/mol. The number of aromatic nitrogens is 3. The third-order valence-electron chi connectivity index (χ3n) is 1.76. The number of hydrogen-bond acceptors (Lipinski definition) is 4. The Morgan fingerprint density at radius 2 is 1.71 bits per heavy atom. The number of aryl methyl sites for hydroxylation is 1. The summed E-state index contributed by atoms with van der Waals surface area (Å²) >= 11 is 0. The van der Waals surface area contributed by atoms with Crippen LogP contribution >= 0.6 is 0 Å². The van der Waals surface area contributed by atoms with E-state index in [-0.39, 0.29) is 0 Å². The van der Waals surface area contributed by atoms with Gasteiger partial charge in [0, 0.05) is 11.8 Å². The van der Waals surface area contributed by atoms with Crippen LogP contribution in [0.1, 0.15) is 5.56 Å². The molecule has 92 valence electrons. The molecule has 0 bridgehead atoms. The molecule has 1 aromatic heterocycles. The molecular formula is C9H11N3O4S. The lowest BCUT2D eigenvalue weighted by atomic mass is 10.1. The lowest BCUT2D eigenvalue weighted by Gasteiger charge is -1.94.